The minimum atomic E-state index is -0.214. The van der Waals surface area contributed by atoms with Gasteiger partial charge >= 0.3 is 0 Å². The minimum absolute atomic E-state index is 0.0627. The highest BCUT2D eigenvalue weighted by Gasteiger charge is 2.40. The first-order valence-corrected chi connectivity index (χ1v) is 13.1. The molecule has 1 aliphatic heterocycles. The quantitative estimate of drug-likeness (QED) is 0.308. The van der Waals surface area contributed by atoms with Gasteiger partial charge in [-0.25, -0.2) is 0 Å². The summed E-state index contributed by atoms with van der Waals surface area (Å²) in [4.78, 5) is 0. The number of rotatable bonds is 12. The fraction of sp³-hybridized carbons (Fsp3) is 0.379. The zero-order valence-electron chi connectivity index (χ0n) is 19.8. The molecule has 0 unspecified atom stereocenters. The van der Waals surface area contributed by atoms with Crippen LogP contribution in [0.1, 0.15) is 30.0 Å². The van der Waals surface area contributed by atoms with Gasteiger partial charge in [0.2, 0.25) is 0 Å². The maximum Gasteiger partial charge on any atom is 0.113 e. The second-order valence-corrected chi connectivity index (χ2v) is 9.83. The molecular weight excluding hydrogens is 444 g/mol. The zero-order chi connectivity index (χ0) is 23.4. The lowest BCUT2D eigenvalue weighted by molar-refractivity contribution is -0.204. The van der Waals surface area contributed by atoms with Crippen molar-refractivity contribution in [2.45, 2.75) is 56.9 Å². The first-order valence-electron chi connectivity index (χ1n) is 12.0. The van der Waals surface area contributed by atoms with Crippen LogP contribution in [0.3, 0.4) is 0 Å². The zero-order valence-corrected chi connectivity index (χ0v) is 20.6. The molecule has 4 rings (SSSR count). The summed E-state index contributed by atoms with van der Waals surface area (Å²) >= 11 is 1.81. The number of hydrogen-bond acceptors (Lipinski definition) is 5. The van der Waals surface area contributed by atoms with Crippen LogP contribution >= 0.6 is 11.8 Å². The SMILES string of the molecule is CCS[C@H]1C[C@@H](OCc2ccccc2)[C@H](OCc2ccccc2)[C@@H](COCc2ccccc2)O1. The highest BCUT2D eigenvalue weighted by atomic mass is 32.2. The van der Waals surface area contributed by atoms with Crippen molar-refractivity contribution in [3.05, 3.63) is 108 Å². The van der Waals surface area contributed by atoms with E-state index in [2.05, 4.69) is 43.3 Å². The Kier molecular flexibility index (Phi) is 10.0. The summed E-state index contributed by atoms with van der Waals surface area (Å²) in [6.07, 6.45) is 0.298. The largest absolute Gasteiger partial charge is 0.374 e. The number of thioether (sulfide) groups is 1. The molecule has 0 N–H and O–H groups in total. The van der Waals surface area contributed by atoms with Gasteiger partial charge in [-0.15, -0.1) is 11.8 Å². The van der Waals surface area contributed by atoms with Crippen molar-refractivity contribution in [1.29, 1.82) is 0 Å². The predicted molar refractivity (Wildman–Crippen MR) is 138 cm³/mol. The summed E-state index contributed by atoms with van der Waals surface area (Å²) in [7, 11) is 0. The summed E-state index contributed by atoms with van der Waals surface area (Å²) in [5.41, 5.74) is 3.51. The second-order valence-electron chi connectivity index (χ2n) is 8.39. The molecule has 0 spiro atoms. The van der Waals surface area contributed by atoms with Gasteiger partial charge in [-0.3, -0.25) is 0 Å². The summed E-state index contributed by atoms with van der Waals surface area (Å²) in [6.45, 7) is 4.24. The fourth-order valence-electron chi connectivity index (χ4n) is 4.11. The van der Waals surface area contributed by atoms with Crippen LogP contribution < -0.4 is 0 Å². The smallest absolute Gasteiger partial charge is 0.113 e. The maximum atomic E-state index is 6.48. The van der Waals surface area contributed by atoms with Crippen molar-refractivity contribution in [3.63, 3.8) is 0 Å². The topological polar surface area (TPSA) is 36.9 Å². The third-order valence-electron chi connectivity index (χ3n) is 5.82. The molecule has 0 saturated carbocycles. The number of benzene rings is 3. The molecule has 4 nitrogen and oxygen atoms in total. The van der Waals surface area contributed by atoms with E-state index < -0.39 is 0 Å². The number of hydrogen-bond donors (Lipinski definition) is 0. The van der Waals surface area contributed by atoms with Crippen LogP contribution in [0.25, 0.3) is 0 Å². The Hall–Kier alpha value is -2.15. The van der Waals surface area contributed by atoms with Crippen LogP contribution in [0.4, 0.5) is 0 Å². The molecule has 0 aromatic heterocycles. The highest BCUT2D eigenvalue weighted by molar-refractivity contribution is 7.99. The molecule has 0 bridgehead atoms. The predicted octanol–water partition coefficient (Wildman–Crippen LogP) is 6.24. The van der Waals surface area contributed by atoms with Crippen molar-refractivity contribution in [1.82, 2.24) is 0 Å². The molecule has 0 amide bonds. The van der Waals surface area contributed by atoms with Crippen LogP contribution in [0.5, 0.6) is 0 Å². The Bertz CT molecular complexity index is 938. The molecule has 0 aliphatic carbocycles. The average Bonchev–Trinajstić information content (AvgIpc) is 2.89. The Morgan fingerprint density at radius 1 is 0.735 bits per heavy atom. The Labute approximate surface area is 207 Å². The van der Waals surface area contributed by atoms with Gasteiger partial charge in [0.05, 0.1) is 32.5 Å². The third kappa shape index (κ3) is 7.69. The van der Waals surface area contributed by atoms with Gasteiger partial charge in [-0.2, -0.15) is 0 Å². The minimum Gasteiger partial charge on any atom is -0.374 e. The lowest BCUT2D eigenvalue weighted by Gasteiger charge is -2.41. The van der Waals surface area contributed by atoms with E-state index in [0.29, 0.717) is 26.4 Å². The molecule has 1 saturated heterocycles. The molecule has 0 radical (unpaired) electrons. The first-order chi connectivity index (χ1) is 16.8. The maximum absolute atomic E-state index is 6.48. The Morgan fingerprint density at radius 2 is 1.26 bits per heavy atom. The molecule has 180 valence electrons. The van der Waals surface area contributed by atoms with Crippen LogP contribution in [0.2, 0.25) is 0 Å². The van der Waals surface area contributed by atoms with Crippen LogP contribution in [-0.2, 0) is 38.8 Å². The van der Waals surface area contributed by atoms with Crippen LogP contribution in [-0.4, -0.2) is 36.1 Å². The van der Waals surface area contributed by atoms with Gasteiger partial charge in [-0.05, 0) is 22.4 Å². The van der Waals surface area contributed by atoms with Gasteiger partial charge in [-0.1, -0.05) is 97.9 Å². The molecule has 4 atom stereocenters. The average molecular weight is 479 g/mol. The lowest BCUT2D eigenvalue weighted by Crippen LogP contribution is -2.51. The van der Waals surface area contributed by atoms with Gasteiger partial charge in [0, 0.05) is 6.42 Å². The standard InChI is InChI=1S/C29H34O4S/c1-2-34-28-18-26(31-20-24-14-8-4-9-15-24)29(32-21-25-16-10-5-11-17-25)27(33-28)22-30-19-23-12-6-3-7-13-23/h3-17,26-29H,2,18-22H2,1H3/t26-,27-,28+,29+/m1/s1. The van der Waals surface area contributed by atoms with E-state index in [1.807, 2.05) is 66.4 Å². The summed E-state index contributed by atoms with van der Waals surface area (Å²) in [6, 6.07) is 30.8. The normalized spacial score (nSPS) is 22.5. The van der Waals surface area contributed by atoms with Crippen molar-refractivity contribution >= 4 is 11.8 Å². The molecule has 3 aromatic rings. The Balaban J connectivity index is 1.46. The van der Waals surface area contributed by atoms with Gasteiger partial charge in [0.1, 0.15) is 17.6 Å². The third-order valence-corrected chi connectivity index (χ3v) is 6.83. The van der Waals surface area contributed by atoms with Gasteiger partial charge in [0.25, 0.3) is 0 Å². The van der Waals surface area contributed by atoms with E-state index in [1.54, 1.807) is 0 Å². The van der Waals surface area contributed by atoms with Crippen LogP contribution in [0.15, 0.2) is 91.0 Å². The van der Waals surface area contributed by atoms with E-state index in [9.17, 15) is 0 Å². The summed E-state index contributed by atoms with van der Waals surface area (Å²) in [5.74, 6) is 0.989. The van der Waals surface area contributed by atoms with E-state index in [1.165, 1.54) is 0 Å². The number of ether oxygens (including phenoxy) is 4. The van der Waals surface area contributed by atoms with Crippen molar-refractivity contribution in [3.8, 4) is 0 Å². The summed E-state index contributed by atoms with van der Waals surface area (Å²) < 4.78 is 25.5. The fourth-order valence-corrected chi connectivity index (χ4v) is 5.03. The first kappa shape index (κ1) is 25.0. The molecule has 3 aromatic carbocycles. The molecule has 5 heteroatoms. The second kappa shape index (κ2) is 13.7. The lowest BCUT2D eigenvalue weighted by atomic mass is 10.0. The molecule has 1 fully saturated rings. The van der Waals surface area contributed by atoms with Gasteiger partial charge < -0.3 is 18.9 Å². The molecular formula is C29H34O4S. The van der Waals surface area contributed by atoms with E-state index in [0.717, 1.165) is 28.9 Å². The van der Waals surface area contributed by atoms with Crippen molar-refractivity contribution in [2.75, 3.05) is 12.4 Å². The molecule has 34 heavy (non-hydrogen) atoms. The van der Waals surface area contributed by atoms with Crippen molar-refractivity contribution in [2.24, 2.45) is 0 Å². The molecule has 1 aliphatic rings. The summed E-state index contributed by atoms with van der Waals surface area (Å²) in [5, 5.41) is 0. The van der Waals surface area contributed by atoms with Gasteiger partial charge in [0.15, 0.2) is 0 Å². The molecule has 1 heterocycles. The van der Waals surface area contributed by atoms with E-state index >= 15 is 0 Å². The Morgan fingerprint density at radius 3 is 1.82 bits per heavy atom. The van der Waals surface area contributed by atoms with E-state index in [-0.39, 0.29) is 23.7 Å². The van der Waals surface area contributed by atoms with E-state index in [4.69, 9.17) is 18.9 Å². The highest BCUT2D eigenvalue weighted by Crippen LogP contribution is 2.32. The van der Waals surface area contributed by atoms with Crippen LogP contribution in [0, 0.1) is 0 Å². The van der Waals surface area contributed by atoms with Crippen molar-refractivity contribution < 1.29 is 18.9 Å². The monoisotopic (exact) mass is 478 g/mol.